The highest BCUT2D eigenvalue weighted by molar-refractivity contribution is 7.88. The van der Waals surface area contributed by atoms with E-state index in [1.165, 1.54) is 19.2 Å². The highest BCUT2D eigenvalue weighted by Gasteiger charge is 2.65. The smallest absolute Gasteiger partial charge is 0.358 e. The van der Waals surface area contributed by atoms with Crippen molar-refractivity contribution in [1.29, 1.82) is 0 Å². The first-order valence-corrected chi connectivity index (χ1v) is 10.8. The molecule has 0 aromatic heterocycles. The molecular formula is C18H22F3N3O4S. The molecule has 160 valence electrons. The van der Waals surface area contributed by atoms with Gasteiger partial charge >= 0.3 is 6.18 Å². The summed E-state index contributed by atoms with van der Waals surface area (Å²) in [5, 5.41) is 5.15. The predicted octanol–water partition coefficient (Wildman–Crippen LogP) is 1.11. The fourth-order valence-corrected chi connectivity index (χ4v) is 5.08. The molecule has 3 atom stereocenters. The van der Waals surface area contributed by atoms with Gasteiger partial charge in [0.1, 0.15) is 6.04 Å². The van der Waals surface area contributed by atoms with Gasteiger partial charge in [-0.15, -0.1) is 0 Å². The first-order chi connectivity index (χ1) is 13.4. The van der Waals surface area contributed by atoms with Gasteiger partial charge in [-0.25, -0.2) is 8.42 Å². The topological polar surface area (TPSA) is 95.6 Å². The quantitative estimate of drug-likeness (QED) is 0.727. The lowest BCUT2D eigenvalue weighted by Gasteiger charge is -2.20. The van der Waals surface area contributed by atoms with Crippen LogP contribution in [0.25, 0.3) is 0 Å². The SMILES string of the molecule is CNC(=O)[C@@H]1C[C@@]2(C[C@@H]2C(=O)NCc2ccc(C(F)(F)F)cc2)CN1S(C)(=O)=O. The van der Waals surface area contributed by atoms with Crippen molar-refractivity contribution < 1.29 is 31.2 Å². The maximum Gasteiger partial charge on any atom is 0.416 e. The van der Waals surface area contributed by atoms with Crippen molar-refractivity contribution in [2.45, 2.75) is 31.6 Å². The number of amides is 2. The van der Waals surface area contributed by atoms with Crippen LogP contribution in [0.4, 0.5) is 13.2 Å². The molecule has 1 aromatic carbocycles. The average molecular weight is 433 g/mol. The van der Waals surface area contributed by atoms with E-state index in [9.17, 15) is 31.2 Å². The van der Waals surface area contributed by atoms with Gasteiger partial charge in [-0.2, -0.15) is 17.5 Å². The van der Waals surface area contributed by atoms with E-state index in [0.717, 1.165) is 22.7 Å². The monoisotopic (exact) mass is 433 g/mol. The number of likely N-dealkylation sites (N-methyl/N-ethyl adjacent to an activating group) is 1. The Morgan fingerprint density at radius 2 is 1.79 bits per heavy atom. The maximum absolute atomic E-state index is 12.6. The Bertz CT molecular complexity index is 917. The van der Waals surface area contributed by atoms with E-state index in [1.54, 1.807) is 0 Å². The molecule has 3 rings (SSSR count). The fraction of sp³-hybridized carbons (Fsp3) is 0.556. The molecule has 1 heterocycles. The largest absolute Gasteiger partial charge is 0.416 e. The number of benzene rings is 1. The third kappa shape index (κ3) is 4.40. The lowest BCUT2D eigenvalue weighted by Crippen LogP contribution is -2.44. The summed E-state index contributed by atoms with van der Waals surface area (Å²) < 4.78 is 63.0. The first kappa shape index (κ1) is 21.6. The molecule has 0 bridgehead atoms. The van der Waals surface area contributed by atoms with Crippen LogP contribution in [0.15, 0.2) is 24.3 Å². The van der Waals surface area contributed by atoms with Gasteiger partial charge in [0.05, 0.1) is 11.8 Å². The van der Waals surface area contributed by atoms with Gasteiger partial charge in [0.25, 0.3) is 0 Å². The van der Waals surface area contributed by atoms with Crippen molar-refractivity contribution in [2.75, 3.05) is 19.8 Å². The molecule has 1 aliphatic carbocycles. The third-order valence-corrected chi connectivity index (χ3v) is 6.88. The summed E-state index contributed by atoms with van der Waals surface area (Å²) in [5.41, 5.74) is -0.820. The summed E-state index contributed by atoms with van der Waals surface area (Å²) in [6.45, 7) is 0.167. The molecule has 7 nitrogen and oxygen atoms in total. The molecule has 2 aliphatic rings. The highest BCUT2D eigenvalue weighted by atomic mass is 32.2. The Kier molecular flexibility index (Phi) is 5.41. The molecule has 11 heteroatoms. The minimum atomic E-state index is -4.42. The second kappa shape index (κ2) is 7.28. The molecule has 0 radical (unpaired) electrons. The molecule has 2 N–H and O–H groups in total. The van der Waals surface area contributed by atoms with Crippen LogP contribution >= 0.6 is 0 Å². The van der Waals surface area contributed by atoms with E-state index >= 15 is 0 Å². The van der Waals surface area contributed by atoms with Gasteiger partial charge in [-0.3, -0.25) is 9.59 Å². The summed E-state index contributed by atoms with van der Waals surface area (Å²) in [6.07, 6.45) is -2.66. The van der Waals surface area contributed by atoms with Gasteiger partial charge < -0.3 is 10.6 Å². The summed E-state index contributed by atoms with van der Waals surface area (Å²) in [5.74, 6) is -1.14. The highest BCUT2D eigenvalue weighted by Crippen LogP contribution is 2.60. The summed E-state index contributed by atoms with van der Waals surface area (Å²) >= 11 is 0. The number of rotatable bonds is 5. The molecule has 2 fully saturated rings. The van der Waals surface area contributed by atoms with E-state index in [0.29, 0.717) is 12.0 Å². The lowest BCUT2D eigenvalue weighted by molar-refractivity contribution is -0.137. The second-order valence-corrected chi connectivity index (χ2v) is 9.61. The summed E-state index contributed by atoms with van der Waals surface area (Å²) in [6, 6.07) is 3.66. The number of sulfonamides is 1. The van der Waals surface area contributed by atoms with Crippen molar-refractivity contribution in [3.05, 3.63) is 35.4 Å². The number of nitrogens with one attached hydrogen (secondary N) is 2. The molecule has 0 unspecified atom stereocenters. The summed E-state index contributed by atoms with van der Waals surface area (Å²) in [7, 11) is -2.18. The van der Waals surface area contributed by atoms with Gasteiger partial charge in [-0.05, 0) is 36.0 Å². The predicted molar refractivity (Wildman–Crippen MR) is 97.9 cm³/mol. The number of carbonyl (C=O) groups excluding carboxylic acids is 2. The van der Waals surface area contributed by atoms with Crippen LogP contribution in [-0.2, 0) is 32.3 Å². The second-order valence-electron chi connectivity index (χ2n) is 7.67. The van der Waals surface area contributed by atoms with Crippen molar-refractivity contribution in [2.24, 2.45) is 11.3 Å². The Balaban J connectivity index is 1.62. The lowest BCUT2D eigenvalue weighted by atomic mass is 9.99. The van der Waals surface area contributed by atoms with Crippen LogP contribution < -0.4 is 10.6 Å². The number of carbonyl (C=O) groups is 2. The molecule has 1 saturated carbocycles. The Labute approximate surface area is 166 Å². The zero-order valence-corrected chi connectivity index (χ0v) is 16.7. The average Bonchev–Trinajstić information content (AvgIpc) is 3.19. The zero-order chi connectivity index (χ0) is 21.6. The third-order valence-electron chi connectivity index (χ3n) is 5.65. The van der Waals surface area contributed by atoms with Gasteiger partial charge in [0.2, 0.25) is 21.8 Å². The summed E-state index contributed by atoms with van der Waals surface area (Å²) in [4.78, 5) is 24.6. The standard InChI is InChI=1S/C18H22F3N3O4S/c1-22-16(26)14-8-17(10-24(14)29(2,27)28)7-13(17)15(25)23-9-11-3-5-12(6-4-11)18(19,20)21/h3-6,13-14H,7-10H2,1-2H3,(H,22,26)(H,23,25)/t13-,14+,17+/m1/s1. The molecule has 1 aliphatic heterocycles. The van der Waals surface area contributed by atoms with Crippen LogP contribution in [0.3, 0.4) is 0 Å². The van der Waals surface area contributed by atoms with E-state index in [4.69, 9.17) is 0 Å². The number of halogens is 3. The van der Waals surface area contributed by atoms with Crippen LogP contribution in [-0.4, -0.2) is 50.4 Å². The first-order valence-electron chi connectivity index (χ1n) is 9.00. The van der Waals surface area contributed by atoms with Crippen molar-refractivity contribution in [3.63, 3.8) is 0 Å². The minimum absolute atomic E-state index is 0.0677. The minimum Gasteiger partial charge on any atom is -0.358 e. The van der Waals surface area contributed by atoms with Gasteiger partial charge in [-0.1, -0.05) is 12.1 Å². The molecule has 1 saturated heterocycles. The molecular weight excluding hydrogens is 411 g/mol. The number of alkyl halides is 3. The van der Waals surface area contributed by atoms with Crippen molar-refractivity contribution in [3.8, 4) is 0 Å². The van der Waals surface area contributed by atoms with Crippen molar-refractivity contribution >= 4 is 21.8 Å². The number of hydrogen-bond acceptors (Lipinski definition) is 4. The Morgan fingerprint density at radius 3 is 2.31 bits per heavy atom. The number of nitrogens with zero attached hydrogens (tertiary/aromatic N) is 1. The molecule has 1 spiro atoms. The molecule has 1 aromatic rings. The van der Waals surface area contributed by atoms with E-state index < -0.39 is 45.0 Å². The van der Waals surface area contributed by atoms with E-state index in [-0.39, 0.29) is 25.4 Å². The Hall–Kier alpha value is -2.14. The van der Waals surface area contributed by atoms with E-state index in [2.05, 4.69) is 10.6 Å². The Morgan fingerprint density at radius 1 is 1.17 bits per heavy atom. The van der Waals surface area contributed by atoms with Crippen LogP contribution in [0.1, 0.15) is 24.0 Å². The fourth-order valence-electron chi connectivity index (χ4n) is 3.95. The molecule has 2 amide bonds. The van der Waals surface area contributed by atoms with Gasteiger partial charge in [0.15, 0.2) is 0 Å². The van der Waals surface area contributed by atoms with Crippen LogP contribution in [0.2, 0.25) is 0 Å². The zero-order valence-electron chi connectivity index (χ0n) is 15.9. The maximum atomic E-state index is 12.6. The van der Waals surface area contributed by atoms with Crippen LogP contribution in [0.5, 0.6) is 0 Å². The molecule has 29 heavy (non-hydrogen) atoms. The van der Waals surface area contributed by atoms with E-state index in [1.807, 2.05) is 0 Å². The normalized spacial score (nSPS) is 27.1. The van der Waals surface area contributed by atoms with Crippen LogP contribution in [0, 0.1) is 11.3 Å². The van der Waals surface area contributed by atoms with Crippen molar-refractivity contribution in [1.82, 2.24) is 14.9 Å². The number of hydrogen-bond donors (Lipinski definition) is 2. The van der Waals surface area contributed by atoms with Gasteiger partial charge in [0, 0.05) is 26.1 Å².